The van der Waals surface area contributed by atoms with E-state index in [1.807, 2.05) is 0 Å². The molecule has 0 aromatic rings. The Bertz CT molecular complexity index is 281. The second-order valence-electron chi connectivity index (χ2n) is 3.08. The topological polar surface area (TPSA) is 60.2 Å². The predicted octanol–water partition coefficient (Wildman–Crippen LogP) is -2.23. The van der Waals surface area contributed by atoms with Crippen molar-refractivity contribution in [2.24, 2.45) is 0 Å². The summed E-state index contributed by atoms with van der Waals surface area (Å²) in [5.41, 5.74) is 0. The maximum absolute atomic E-state index is 11.4. The molecule has 0 spiro atoms. The van der Waals surface area contributed by atoms with E-state index in [4.69, 9.17) is 31.4 Å². The Balaban J connectivity index is 3.08. The van der Waals surface area contributed by atoms with E-state index in [9.17, 15) is 14.3 Å². The van der Waals surface area contributed by atoms with Gasteiger partial charge in [0, 0.05) is 26.7 Å². The summed E-state index contributed by atoms with van der Waals surface area (Å²) in [6.07, 6.45) is -0.292. The van der Waals surface area contributed by atoms with Crippen LogP contribution in [0.15, 0.2) is 0 Å². The van der Waals surface area contributed by atoms with Crippen molar-refractivity contribution < 1.29 is 9.13 Å². The van der Waals surface area contributed by atoms with Crippen LogP contribution >= 0.6 is 0 Å². The highest BCUT2D eigenvalue weighted by Crippen LogP contribution is 2.35. The molecule has 0 bridgehead atoms. The molecule has 2 unspecified atom stereocenters. The lowest BCUT2D eigenvalue weighted by Gasteiger charge is -2.22. The fourth-order valence-corrected chi connectivity index (χ4v) is 2.61. The second-order valence-corrected chi connectivity index (χ2v) is 5.09. The van der Waals surface area contributed by atoms with Gasteiger partial charge in [0.1, 0.15) is 0 Å². The van der Waals surface area contributed by atoms with Crippen molar-refractivity contribution in [1.82, 2.24) is 0 Å². The van der Waals surface area contributed by atoms with Crippen molar-refractivity contribution in [3.05, 3.63) is 10.1 Å². The van der Waals surface area contributed by atoms with Gasteiger partial charge in [-0.2, -0.15) is 0 Å². The molecule has 1 rings (SSSR count). The van der Waals surface area contributed by atoms with Gasteiger partial charge in [-0.05, 0) is 4.55 Å². The molecule has 0 aliphatic carbocycles. The van der Waals surface area contributed by atoms with Crippen LogP contribution in [-0.2, 0) is 10.8 Å². The van der Waals surface area contributed by atoms with Crippen molar-refractivity contribution in [3.8, 4) is 0 Å². The van der Waals surface area contributed by atoms with Crippen LogP contribution in [0.1, 0.15) is 6.42 Å². The van der Waals surface area contributed by atoms with Crippen LogP contribution in [0.3, 0.4) is 0 Å². The van der Waals surface area contributed by atoms with Crippen LogP contribution in [-0.4, -0.2) is 55.7 Å². The summed E-state index contributed by atoms with van der Waals surface area (Å²) in [5.74, 6) is 0. The molecule has 1 aliphatic heterocycles. The summed E-state index contributed by atoms with van der Waals surface area (Å²) in [6.45, 7) is 0. The molecule has 1 heterocycles. The van der Waals surface area contributed by atoms with Gasteiger partial charge in [0.05, 0.1) is 31.4 Å². The molecule has 0 N–H and O–H groups in total. The quantitative estimate of drug-likeness (QED) is 0.266. The molecule has 2 atom stereocenters. The first-order valence-corrected chi connectivity index (χ1v) is 4.55. The highest BCUT2D eigenvalue weighted by atomic mass is 32.2. The molecule has 0 saturated carbocycles. The maximum atomic E-state index is 11.4. The summed E-state index contributed by atoms with van der Waals surface area (Å²) in [7, 11) is 19.3. The van der Waals surface area contributed by atoms with Crippen LogP contribution in [0.4, 0.5) is 0 Å². The molecule has 0 amide bonds. The van der Waals surface area contributed by atoms with E-state index in [0.29, 0.717) is 0 Å². The highest BCUT2D eigenvalue weighted by Gasteiger charge is 2.56. The molecule has 1 fully saturated rings. The predicted molar refractivity (Wildman–Crippen MR) is 52.0 cm³/mol. The van der Waals surface area contributed by atoms with Crippen molar-refractivity contribution in [2.45, 2.75) is 21.6 Å². The smallest absolute Gasteiger partial charge is 0.214 e. The number of hydrogen-bond donors (Lipinski definition) is 0. The van der Waals surface area contributed by atoms with Crippen molar-refractivity contribution in [1.29, 1.82) is 0 Å². The molecule has 4 nitrogen and oxygen atoms in total. The first-order chi connectivity index (χ1) is 5.69. The third kappa shape index (κ3) is 1.58. The highest BCUT2D eigenvalue weighted by molar-refractivity contribution is 7.93. The third-order valence-electron chi connectivity index (χ3n) is 1.95. The molecule has 8 radical (unpaired) electrons. The molecule has 9 heteroatoms. The zero-order valence-corrected chi connectivity index (χ0v) is 7.49. The van der Waals surface area contributed by atoms with E-state index >= 15 is 0 Å². The van der Waals surface area contributed by atoms with Gasteiger partial charge in [-0.1, -0.05) is 0 Å². The standard InChI is InChI=1S/C4H3B4NO3S/c5-3(6)1-2(9(10)11)4(7,8)13(3)12/h2H,1H2. The zero-order valence-electron chi connectivity index (χ0n) is 6.67. The fourth-order valence-electron chi connectivity index (χ4n) is 1.23. The Kier molecular flexibility index (Phi) is 2.43. The van der Waals surface area contributed by atoms with Gasteiger partial charge in [-0.25, -0.2) is 0 Å². The molecule has 60 valence electrons. The van der Waals surface area contributed by atoms with Crippen LogP contribution in [0.5, 0.6) is 0 Å². The van der Waals surface area contributed by atoms with Crippen LogP contribution in [0.25, 0.3) is 0 Å². The number of hydrogen-bond acceptors (Lipinski definition) is 3. The SMILES string of the molecule is [B]C1([B])CC([N+](=O)[O-])C([B])([B])S1=O. The van der Waals surface area contributed by atoms with Crippen LogP contribution in [0.2, 0.25) is 0 Å². The third-order valence-corrected chi connectivity index (χ3v) is 3.73. The normalized spacial score (nSPS) is 35.7. The average Bonchev–Trinajstić information content (AvgIpc) is 2.11. The monoisotopic (exact) mass is 189 g/mol. The maximum Gasteiger partial charge on any atom is 0.214 e. The van der Waals surface area contributed by atoms with E-state index in [1.165, 1.54) is 0 Å². The molecule has 0 aromatic carbocycles. The van der Waals surface area contributed by atoms with Gasteiger partial charge < -0.3 is 0 Å². The first kappa shape index (κ1) is 10.9. The lowest BCUT2D eigenvalue weighted by Crippen LogP contribution is -2.47. The van der Waals surface area contributed by atoms with Gasteiger partial charge in [-0.15, -0.1) is 0 Å². The van der Waals surface area contributed by atoms with E-state index in [1.54, 1.807) is 0 Å². The van der Waals surface area contributed by atoms with Crippen LogP contribution < -0.4 is 0 Å². The molecule has 1 saturated heterocycles. The van der Waals surface area contributed by atoms with Crippen molar-refractivity contribution >= 4 is 42.2 Å². The number of nitro groups is 1. The summed E-state index contributed by atoms with van der Waals surface area (Å²) < 4.78 is 7.74. The fraction of sp³-hybridized carbons (Fsp3) is 1.00. The van der Waals surface area contributed by atoms with Crippen molar-refractivity contribution in [2.75, 3.05) is 0 Å². The average molecular weight is 188 g/mol. The summed E-state index contributed by atoms with van der Waals surface area (Å²) in [4.78, 5) is 9.74. The van der Waals surface area contributed by atoms with E-state index in [-0.39, 0.29) is 6.42 Å². The first-order valence-electron chi connectivity index (χ1n) is 3.40. The van der Waals surface area contributed by atoms with Crippen LogP contribution in [0, 0.1) is 10.1 Å². The van der Waals surface area contributed by atoms with Gasteiger partial charge in [0.15, 0.2) is 0 Å². The Morgan fingerprint density at radius 1 is 1.38 bits per heavy atom. The van der Waals surface area contributed by atoms with Gasteiger partial charge >= 0.3 is 0 Å². The molecular weight excluding hydrogens is 185 g/mol. The summed E-state index contributed by atoms with van der Waals surface area (Å²) in [5, 5.41) is 10.5. The number of nitrogens with zero attached hydrogens (tertiary/aromatic N) is 1. The lowest BCUT2D eigenvalue weighted by atomic mass is 9.59. The van der Waals surface area contributed by atoms with Gasteiger partial charge in [0.2, 0.25) is 6.04 Å². The molecule has 0 aromatic heterocycles. The molecule has 1 aliphatic rings. The molecule has 13 heavy (non-hydrogen) atoms. The van der Waals surface area contributed by atoms with E-state index in [2.05, 4.69) is 0 Å². The van der Waals surface area contributed by atoms with Gasteiger partial charge in [0.25, 0.3) is 0 Å². The Morgan fingerprint density at radius 2 is 1.85 bits per heavy atom. The Labute approximate surface area is 83.5 Å². The summed E-state index contributed by atoms with van der Waals surface area (Å²) >= 11 is 0. The Hall–Kier alpha value is -0.190. The molecular formula is C4H3B4NO3S. The van der Waals surface area contributed by atoms with Crippen molar-refractivity contribution in [3.63, 3.8) is 0 Å². The van der Waals surface area contributed by atoms with Gasteiger partial charge in [-0.3, -0.25) is 14.3 Å². The summed E-state index contributed by atoms with van der Waals surface area (Å²) in [6, 6.07) is -1.37. The number of rotatable bonds is 1. The van der Waals surface area contributed by atoms with E-state index < -0.39 is 30.9 Å². The minimum atomic E-state index is -2.02. The lowest BCUT2D eigenvalue weighted by molar-refractivity contribution is -0.520. The largest absolute Gasteiger partial charge is 0.264 e. The van der Waals surface area contributed by atoms with E-state index in [0.717, 1.165) is 0 Å². The Morgan fingerprint density at radius 3 is 2.00 bits per heavy atom. The zero-order chi connectivity index (χ0) is 10.4. The minimum absolute atomic E-state index is 0.292. The minimum Gasteiger partial charge on any atom is -0.264 e. The second kappa shape index (κ2) is 2.90.